The van der Waals surface area contributed by atoms with Gasteiger partial charge in [0, 0.05) is 10.6 Å². The summed E-state index contributed by atoms with van der Waals surface area (Å²) in [5.74, 6) is 0.00244. The van der Waals surface area contributed by atoms with Gasteiger partial charge in [-0.05, 0) is 49.4 Å². The summed E-state index contributed by atoms with van der Waals surface area (Å²) in [7, 11) is 0. The Balaban J connectivity index is 1.55. The number of rotatable bonds is 7. The van der Waals surface area contributed by atoms with E-state index in [0.29, 0.717) is 6.54 Å². The first-order valence-corrected chi connectivity index (χ1v) is 10.7. The lowest BCUT2D eigenvalue weighted by Crippen LogP contribution is -2.30. The van der Waals surface area contributed by atoms with Crippen molar-refractivity contribution in [3.63, 3.8) is 0 Å². The minimum atomic E-state index is -0.225. The maximum absolute atomic E-state index is 12.2. The number of nitrogens with zero attached hydrogens (tertiary/aromatic N) is 2. The third kappa shape index (κ3) is 4.84. The second-order valence-corrected chi connectivity index (χ2v) is 9.40. The Kier molecular flexibility index (Phi) is 6.29. The van der Waals surface area contributed by atoms with E-state index in [2.05, 4.69) is 40.7 Å². The van der Waals surface area contributed by atoms with E-state index in [4.69, 9.17) is 0 Å². The lowest BCUT2D eigenvalue weighted by Gasteiger charge is -2.09. The molecule has 0 aliphatic carbocycles. The highest BCUT2D eigenvalue weighted by atomic mass is 32.2. The van der Waals surface area contributed by atoms with Crippen LogP contribution in [0.5, 0.6) is 0 Å². The Labute approximate surface area is 165 Å². The van der Waals surface area contributed by atoms with Crippen molar-refractivity contribution in [2.45, 2.75) is 36.9 Å². The molecule has 0 aliphatic rings. The van der Waals surface area contributed by atoms with E-state index in [1.54, 1.807) is 11.3 Å². The molecule has 0 saturated heterocycles. The minimum absolute atomic E-state index is 0.00244. The van der Waals surface area contributed by atoms with Gasteiger partial charge in [0.05, 0.1) is 11.8 Å². The van der Waals surface area contributed by atoms with E-state index in [1.807, 2.05) is 36.6 Å². The molecule has 3 rings (SSSR count). The van der Waals surface area contributed by atoms with Crippen LogP contribution in [0.15, 0.2) is 40.1 Å². The summed E-state index contributed by atoms with van der Waals surface area (Å²) in [5, 5.41) is 17.2. The third-order valence-corrected chi connectivity index (χ3v) is 6.82. The van der Waals surface area contributed by atoms with E-state index in [1.165, 1.54) is 34.2 Å². The van der Waals surface area contributed by atoms with Crippen LogP contribution in [0.2, 0.25) is 0 Å². The van der Waals surface area contributed by atoms with Crippen molar-refractivity contribution in [1.29, 1.82) is 0 Å². The van der Waals surface area contributed by atoms with Crippen LogP contribution >= 0.6 is 34.4 Å². The number of carbonyl (C=O) groups excluding carboxylic acids is 1. The Morgan fingerprint density at radius 2 is 2.08 bits per heavy atom. The van der Waals surface area contributed by atoms with Crippen LogP contribution in [0.3, 0.4) is 0 Å². The number of aromatic nitrogens is 2. The first kappa shape index (κ1) is 18.9. The summed E-state index contributed by atoms with van der Waals surface area (Å²) in [6.45, 7) is 6.61. The van der Waals surface area contributed by atoms with Crippen molar-refractivity contribution in [1.82, 2.24) is 15.5 Å². The van der Waals surface area contributed by atoms with Gasteiger partial charge in [0.2, 0.25) is 11.0 Å². The Morgan fingerprint density at radius 1 is 1.23 bits per heavy atom. The van der Waals surface area contributed by atoms with Gasteiger partial charge >= 0.3 is 0 Å². The first-order chi connectivity index (χ1) is 12.5. The fourth-order valence-electron chi connectivity index (χ4n) is 2.25. The first-order valence-electron chi connectivity index (χ1n) is 8.16. The molecule has 2 aromatic heterocycles. The molecule has 0 bridgehead atoms. The molecule has 0 saturated carbocycles. The van der Waals surface area contributed by atoms with Gasteiger partial charge in [-0.3, -0.25) is 4.79 Å². The van der Waals surface area contributed by atoms with Gasteiger partial charge in [0.15, 0.2) is 4.34 Å². The van der Waals surface area contributed by atoms with E-state index in [9.17, 15) is 4.79 Å². The highest BCUT2D eigenvalue weighted by Crippen LogP contribution is 2.31. The highest BCUT2D eigenvalue weighted by Gasteiger charge is 2.17. The number of benzene rings is 1. The zero-order chi connectivity index (χ0) is 18.5. The quantitative estimate of drug-likeness (QED) is 0.556. The molecule has 1 atom stereocenters. The number of hydrogen-bond donors (Lipinski definition) is 2. The average Bonchev–Trinajstić information content (AvgIpc) is 3.29. The van der Waals surface area contributed by atoms with E-state index in [-0.39, 0.29) is 11.2 Å². The van der Waals surface area contributed by atoms with Crippen LogP contribution < -0.4 is 10.6 Å². The van der Waals surface area contributed by atoms with E-state index < -0.39 is 0 Å². The fraction of sp³-hybridized carbons (Fsp3) is 0.278. The molecule has 0 spiro atoms. The SMILES string of the molecule is Cc1cccc(Nc2nnc(SC(C)C(=O)NCc3cccs3)s2)c1C. The second-order valence-electron chi connectivity index (χ2n) is 5.80. The molecule has 136 valence electrons. The number of amides is 1. The van der Waals surface area contributed by atoms with Gasteiger partial charge in [0.25, 0.3) is 0 Å². The van der Waals surface area contributed by atoms with E-state index in [0.717, 1.165) is 20.0 Å². The molecule has 26 heavy (non-hydrogen) atoms. The summed E-state index contributed by atoms with van der Waals surface area (Å²) in [4.78, 5) is 13.4. The minimum Gasteiger partial charge on any atom is -0.350 e. The summed E-state index contributed by atoms with van der Waals surface area (Å²) < 4.78 is 0.775. The van der Waals surface area contributed by atoms with Crippen LogP contribution in [-0.2, 0) is 11.3 Å². The van der Waals surface area contributed by atoms with Gasteiger partial charge in [0.1, 0.15) is 0 Å². The largest absolute Gasteiger partial charge is 0.350 e. The predicted octanol–water partition coefficient (Wildman–Crippen LogP) is 4.76. The molecule has 0 aliphatic heterocycles. The molecular formula is C18H20N4OS3. The van der Waals surface area contributed by atoms with Crippen molar-refractivity contribution >= 4 is 51.2 Å². The number of nitrogens with one attached hydrogen (secondary N) is 2. The zero-order valence-electron chi connectivity index (χ0n) is 14.8. The predicted molar refractivity (Wildman–Crippen MR) is 111 cm³/mol. The van der Waals surface area contributed by atoms with Crippen molar-refractivity contribution < 1.29 is 4.79 Å². The molecule has 5 nitrogen and oxygen atoms in total. The molecule has 2 heterocycles. The smallest absolute Gasteiger partial charge is 0.233 e. The van der Waals surface area contributed by atoms with Crippen LogP contribution in [0.4, 0.5) is 10.8 Å². The Hall–Kier alpha value is -1.90. The highest BCUT2D eigenvalue weighted by molar-refractivity contribution is 8.02. The molecule has 1 aromatic carbocycles. The zero-order valence-corrected chi connectivity index (χ0v) is 17.2. The Bertz CT molecular complexity index is 876. The summed E-state index contributed by atoms with van der Waals surface area (Å²) in [6.07, 6.45) is 0. The van der Waals surface area contributed by atoms with Crippen molar-refractivity contribution in [3.05, 3.63) is 51.7 Å². The van der Waals surface area contributed by atoms with Crippen LogP contribution in [0, 0.1) is 13.8 Å². The van der Waals surface area contributed by atoms with Gasteiger partial charge in [-0.2, -0.15) is 0 Å². The van der Waals surface area contributed by atoms with Gasteiger partial charge in [-0.15, -0.1) is 21.5 Å². The molecule has 0 fully saturated rings. The summed E-state index contributed by atoms with van der Waals surface area (Å²) >= 11 is 4.52. The number of aryl methyl sites for hydroxylation is 1. The fourth-order valence-corrected chi connectivity index (χ4v) is 4.82. The molecule has 3 aromatic rings. The normalized spacial score (nSPS) is 12.0. The molecule has 8 heteroatoms. The van der Waals surface area contributed by atoms with Crippen molar-refractivity contribution in [2.24, 2.45) is 0 Å². The van der Waals surface area contributed by atoms with Crippen molar-refractivity contribution in [2.75, 3.05) is 5.32 Å². The molecule has 0 radical (unpaired) electrons. The molecule has 1 amide bonds. The maximum atomic E-state index is 12.2. The van der Waals surface area contributed by atoms with E-state index >= 15 is 0 Å². The Morgan fingerprint density at radius 3 is 2.85 bits per heavy atom. The summed E-state index contributed by atoms with van der Waals surface area (Å²) in [6, 6.07) is 10.1. The molecule has 1 unspecified atom stereocenters. The number of thioether (sulfide) groups is 1. The lowest BCUT2D eigenvalue weighted by atomic mass is 10.1. The number of carbonyl (C=O) groups is 1. The monoisotopic (exact) mass is 404 g/mol. The lowest BCUT2D eigenvalue weighted by molar-refractivity contribution is -0.120. The van der Waals surface area contributed by atoms with Crippen molar-refractivity contribution in [3.8, 4) is 0 Å². The molecule has 2 N–H and O–H groups in total. The summed E-state index contributed by atoms with van der Waals surface area (Å²) in [5.41, 5.74) is 3.45. The second kappa shape index (κ2) is 8.66. The van der Waals surface area contributed by atoms with Gasteiger partial charge in [-0.25, -0.2) is 0 Å². The maximum Gasteiger partial charge on any atom is 0.233 e. The number of thiophene rings is 1. The van der Waals surface area contributed by atoms with Gasteiger partial charge in [-0.1, -0.05) is 41.3 Å². The average molecular weight is 405 g/mol. The topological polar surface area (TPSA) is 66.9 Å². The number of anilines is 2. The van der Waals surface area contributed by atoms with Crippen LogP contribution in [0.25, 0.3) is 0 Å². The third-order valence-electron chi connectivity index (χ3n) is 3.92. The van der Waals surface area contributed by atoms with Crippen LogP contribution in [0.1, 0.15) is 22.9 Å². The standard InChI is InChI=1S/C18H20N4OS3/c1-11-6-4-8-15(12(11)2)20-17-21-22-18(26-17)25-13(3)16(23)19-10-14-7-5-9-24-14/h4-9,13H,10H2,1-3H3,(H,19,23)(H,20,21). The number of hydrogen-bond acceptors (Lipinski definition) is 7. The van der Waals surface area contributed by atoms with Gasteiger partial charge < -0.3 is 10.6 Å². The molecular weight excluding hydrogens is 384 g/mol. The van der Waals surface area contributed by atoms with Crippen LogP contribution in [-0.4, -0.2) is 21.4 Å².